The van der Waals surface area contributed by atoms with E-state index >= 15 is 0 Å². The summed E-state index contributed by atoms with van der Waals surface area (Å²) in [6.45, 7) is 0. The highest BCUT2D eigenvalue weighted by molar-refractivity contribution is 5.89. The van der Waals surface area contributed by atoms with Crippen LogP contribution >= 0.6 is 0 Å². The van der Waals surface area contributed by atoms with E-state index in [-0.39, 0.29) is 0 Å². The fraction of sp³-hybridized carbons (Fsp3) is 0.250. The Morgan fingerprint density at radius 2 is 2.14 bits per heavy atom. The Bertz CT molecular complexity index is 133. The Morgan fingerprint density at radius 1 is 1.71 bits per heavy atom. The van der Waals surface area contributed by atoms with Gasteiger partial charge in [-0.15, -0.1) is 0 Å². The molecule has 0 atom stereocenters. The van der Waals surface area contributed by atoms with Crippen LogP contribution in [-0.4, -0.2) is 16.6 Å². The number of carboxylic acid groups (broad SMARTS) is 1. The van der Waals surface area contributed by atoms with Crippen molar-refractivity contribution < 1.29 is 9.90 Å². The SMILES string of the molecule is NC1(C(=O)O)C=C1. The van der Waals surface area contributed by atoms with Crippen LogP contribution in [-0.2, 0) is 4.79 Å². The first-order valence-corrected chi connectivity index (χ1v) is 1.88. The van der Waals surface area contributed by atoms with Gasteiger partial charge in [0.1, 0.15) is 0 Å². The van der Waals surface area contributed by atoms with Gasteiger partial charge in [-0.1, -0.05) is 12.2 Å². The lowest BCUT2D eigenvalue weighted by Gasteiger charge is -1.96. The average molecular weight is 99.1 g/mol. The summed E-state index contributed by atoms with van der Waals surface area (Å²) in [4.78, 5) is 9.90. The van der Waals surface area contributed by atoms with Gasteiger partial charge in [0.15, 0.2) is 5.54 Å². The first-order chi connectivity index (χ1) is 3.15. The normalized spacial score (nSPS) is 21.9. The molecule has 1 aliphatic carbocycles. The smallest absolute Gasteiger partial charge is 0.331 e. The molecule has 0 aliphatic heterocycles. The topological polar surface area (TPSA) is 63.3 Å². The molecule has 0 saturated carbocycles. The molecule has 1 rings (SSSR count). The number of carboxylic acids is 1. The molecule has 3 N–H and O–H groups in total. The number of aliphatic carboxylic acids is 1. The van der Waals surface area contributed by atoms with Gasteiger partial charge in [-0.25, -0.2) is 4.79 Å². The minimum absolute atomic E-state index is 0.979. The highest BCUT2D eigenvalue weighted by Crippen LogP contribution is 2.18. The first-order valence-electron chi connectivity index (χ1n) is 1.88. The number of hydrogen-bond acceptors (Lipinski definition) is 2. The van der Waals surface area contributed by atoms with Crippen molar-refractivity contribution in [2.75, 3.05) is 0 Å². The second kappa shape index (κ2) is 0.869. The zero-order valence-corrected chi connectivity index (χ0v) is 3.59. The van der Waals surface area contributed by atoms with E-state index < -0.39 is 11.5 Å². The summed E-state index contributed by atoms with van der Waals surface area (Å²) in [6.07, 6.45) is 2.88. The van der Waals surface area contributed by atoms with Gasteiger partial charge in [0.05, 0.1) is 0 Å². The molecule has 1 aliphatic rings. The van der Waals surface area contributed by atoms with Crippen LogP contribution in [0.4, 0.5) is 0 Å². The fourth-order valence-corrected chi connectivity index (χ4v) is 0.232. The molecule has 0 aromatic heterocycles. The highest BCUT2D eigenvalue weighted by atomic mass is 16.4. The van der Waals surface area contributed by atoms with E-state index in [1.54, 1.807) is 0 Å². The molecule has 3 heteroatoms. The number of hydrogen-bond donors (Lipinski definition) is 2. The molecule has 0 spiro atoms. The first kappa shape index (κ1) is 4.33. The van der Waals surface area contributed by atoms with Crippen molar-refractivity contribution in [3.63, 3.8) is 0 Å². The predicted octanol–water partition coefficient (Wildman–Crippen LogP) is -0.662. The van der Waals surface area contributed by atoms with E-state index in [0.717, 1.165) is 0 Å². The van der Waals surface area contributed by atoms with E-state index in [2.05, 4.69) is 0 Å². The van der Waals surface area contributed by atoms with Crippen LogP contribution in [0.5, 0.6) is 0 Å². The van der Waals surface area contributed by atoms with Crippen molar-refractivity contribution in [1.29, 1.82) is 0 Å². The van der Waals surface area contributed by atoms with Gasteiger partial charge in [0.2, 0.25) is 0 Å². The van der Waals surface area contributed by atoms with Gasteiger partial charge in [0, 0.05) is 0 Å². The molecular weight excluding hydrogens is 94.0 g/mol. The van der Waals surface area contributed by atoms with Gasteiger partial charge < -0.3 is 10.8 Å². The molecule has 3 nitrogen and oxygen atoms in total. The summed E-state index contributed by atoms with van der Waals surface area (Å²) >= 11 is 0. The molecule has 0 amide bonds. The van der Waals surface area contributed by atoms with E-state index in [0.29, 0.717) is 0 Å². The largest absolute Gasteiger partial charge is 0.479 e. The molecule has 0 aromatic carbocycles. The maximum Gasteiger partial charge on any atom is 0.331 e. The number of nitrogens with two attached hydrogens (primary N) is 1. The van der Waals surface area contributed by atoms with Gasteiger partial charge in [0.25, 0.3) is 0 Å². The van der Waals surface area contributed by atoms with Crippen LogP contribution in [0.3, 0.4) is 0 Å². The minimum Gasteiger partial charge on any atom is -0.479 e. The second-order valence-corrected chi connectivity index (χ2v) is 1.57. The van der Waals surface area contributed by atoms with Crippen molar-refractivity contribution in [3.05, 3.63) is 12.2 Å². The molecule has 0 bridgehead atoms. The minimum atomic E-state index is -1.08. The van der Waals surface area contributed by atoms with Crippen LogP contribution in [0, 0.1) is 0 Å². The predicted molar refractivity (Wildman–Crippen MR) is 23.7 cm³/mol. The zero-order chi connectivity index (χ0) is 5.49. The van der Waals surface area contributed by atoms with Crippen LogP contribution < -0.4 is 5.73 Å². The van der Waals surface area contributed by atoms with Crippen LogP contribution in [0.2, 0.25) is 0 Å². The molecule has 38 valence electrons. The molecule has 0 heterocycles. The third-order valence-corrected chi connectivity index (χ3v) is 0.896. The summed E-state index contributed by atoms with van der Waals surface area (Å²) in [5.74, 6) is -0.979. The Balaban J connectivity index is 2.58. The summed E-state index contributed by atoms with van der Waals surface area (Å²) in [5, 5.41) is 8.12. The second-order valence-electron chi connectivity index (χ2n) is 1.57. The number of rotatable bonds is 1. The lowest BCUT2D eigenvalue weighted by Crippen LogP contribution is -2.33. The Hall–Kier alpha value is -0.830. The van der Waals surface area contributed by atoms with Gasteiger partial charge >= 0.3 is 5.97 Å². The van der Waals surface area contributed by atoms with Crippen molar-refractivity contribution in [2.45, 2.75) is 5.54 Å². The van der Waals surface area contributed by atoms with Gasteiger partial charge in [-0.2, -0.15) is 0 Å². The third-order valence-electron chi connectivity index (χ3n) is 0.896. The van der Waals surface area contributed by atoms with Gasteiger partial charge in [-0.05, 0) is 0 Å². The Kier molecular flexibility index (Phi) is 0.538. The summed E-state index contributed by atoms with van der Waals surface area (Å²) in [7, 11) is 0. The summed E-state index contributed by atoms with van der Waals surface area (Å²) < 4.78 is 0. The quantitative estimate of drug-likeness (QED) is 0.429. The molecule has 0 unspecified atom stereocenters. The Morgan fingerprint density at radius 3 is 2.14 bits per heavy atom. The Labute approximate surface area is 40.4 Å². The van der Waals surface area contributed by atoms with Crippen molar-refractivity contribution in [2.24, 2.45) is 5.73 Å². The monoisotopic (exact) mass is 99.0 g/mol. The molecule has 0 aromatic rings. The van der Waals surface area contributed by atoms with Crippen molar-refractivity contribution in [1.82, 2.24) is 0 Å². The van der Waals surface area contributed by atoms with Crippen LogP contribution in [0.25, 0.3) is 0 Å². The fourth-order valence-electron chi connectivity index (χ4n) is 0.232. The van der Waals surface area contributed by atoms with Crippen molar-refractivity contribution in [3.8, 4) is 0 Å². The zero-order valence-electron chi connectivity index (χ0n) is 3.59. The van der Waals surface area contributed by atoms with Crippen LogP contribution in [0.1, 0.15) is 0 Å². The standard InChI is InChI=1S/C4H5NO2/c5-4(1-2-4)3(6)7/h1-2H,5H2,(H,6,7). The highest BCUT2D eigenvalue weighted by Gasteiger charge is 2.37. The van der Waals surface area contributed by atoms with E-state index in [9.17, 15) is 4.79 Å². The molecular formula is C4H5NO2. The average Bonchev–Trinajstić information content (AvgIpc) is 2.21. The lowest BCUT2D eigenvalue weighted by atomic mass is 10.3. The van der Waals surface area contributed by atoms with E-state index in [1.807, 2.05) is 0 Å². The molecule has 0 fully saturated rings. The summed E-state index contributed by atoms with van der Waals surface area (Å²) in [6, 6.07) is 0. The molecule has 0 saturated heterocycles. The summed E-state index contributed by atoms with van der Waals surface area (Å²) in [5.41, 5.74) is 4.00. The maximum absolute atomic E-state index is 9.90. The van der Waals surface area contributed by atoms with Crippen molar-refractivity contribution >= 4 is 5.97 Å². The van der Waals surface area contributed by atoms with E-state index in [1.165, 1.54) is 12.2 Å². The molecule has 7 heavy (non-hydrogen) atoms. The molecule has 0 radical (unpaired) electrons. The van der Waals surface area contributed by atoms with Crippen LogP contribution in [0.15, 0.2) is 12.2 Å². The number of carbonyl (C=O) groups is 1. The third kappa shape index (κ3) is 0.502. The lowest BCUT2D eigenvalue weighted by molar-refractivity contribution is -0.138. The van der Waals surface area contributed by atoms with Gasteiger partial charge in [-0.3, -0.25) is 0 Å². The van der Waals surface area contributed by atoms with E-state index in [4.69, 9.17) is 10.8 Å². The maximum atomic E-state index is 9.90.